The van der Waals surface area contributed by atoms with Crippen LogP contribution in [-0.2, 0) is 0 Å². The van der Waals surface area contributed by atoms with Crippen LogP contribution in [0.4, 0.5) is 5.69 Å². The number of hydrogen-bond acceptors (Lipinski definition) is 5. The van der Waals surface area contributed by atoms with Crippen molar-refractivity contribution in [3.05, 3.63) is 78.1 Å². The summed E-state index contributed by atoms with van der Waals surface area (Å²) in [6.07, 6.45) is 0.852. The molecule has 0 aliphatic carbocycles. The molecule has 3 aromatic rings. The second kappa shape index (κ2) is 9.28. The van der Waals surface area contributed by atoms with Crippen molar-refractivity contribution < 1.29 is 9.84 Å². The molecule has 156 valence electrons. The fraction of sp³-hybridized carbons (Fsp3) is 0.320. The molecule has 0 spiro atoms. The first-order valence-electron chi connectivity index (χ1n) is 10.5. The van der Waals surface area contributed by atoms with Crippen molar-refractivity contribution in [2.75, 3.05) is 44.7 Å². The number of aliphatic hydroxyl groups is 1. The molecule has 1 unspecified atom stereocenters. The Morgan fingerprint density at radius 2 is 1.77 bits per heavy atom. The van der Waals surface area contributed by atoms with Gasteiger partial charge in [-0.15, -0.1) is 0 Å². The third kappa shape index (κ3) is 4.18. The molecular weight excluding hydrogens is 374 g/mol. The van der Waals surface area contributed by atoms with Gasteiger partial charge in [0.25, 0.3) is 0 Å². The summed E-state index contributed by atoms with van der Waals surface area (Å²) in [5.41, 5.74) is 4.39. The van der Waals surface area contributed by atoms with Crippen LogP contribution in [0.1, 0.15) is 24.3 Å². The van der Waals surface area contributed by atoms with Crippen molar-refractivity contribution in [3.8, 4) is 16.9 Å². The number of pyridine rings is 1. The van der Waals surface area contributed by atoms with Crippen molar-refractivity contribution in [2.45, 2.75) is 13.0 Å². The first kappa shape index (κ1) is 20.4. The summed E-state index contributed by atoms with van der Waals surface area (Å²) in [7, 11) is 1.65. The number of rotatable bonds is 6. The van der Waals surface area contributed by atoms with Crippen molar-refractivity contribution in [3.63, 3.8) is 0 Å². The van der Waals surface area contributed by atoms with Crippen LogP contribution < -0.4 is 9.64 Å². The third-order valence-corrected chi connectivity index (χ3v) is 5.85. The standard InChI is InChI=1S/C25H29N3O2/c1-3-27-14-16-28(17-15-27)21-11-7-10-20(18-21)25(29)24-23(19-8-5-4-6-9-19)22(30-2)12-13-26-24/h4-13,18,25,29H,3,14-17H2,1-2H3. The van der Waals surface area contributed by atoms with Gasteiger partial charge in [-0.1, -0.05) is 49.4 Å². The second-order valence-corrected chi connectivity index (χ2v) is 7.56. The van der Waals surface area contributed by atoms with E-state index in [1.54, 1.807) is 13.3 Å². The zero-order chi connectivity index (χ0) is 20.9. The van der Waals surface area contributed by atoms with Gasteiger partial charge in [-0.05, 0) is 35.9 Å². The van der Waals surface area contributed by atoms with Crippen molar-refractivity contribution in [1.29, 1.82) is 0 Å². The molecule has 1 N–H and O–H groups in total. The molecule has 0 bridgehead atoms. The van der Waals surface area contributed by atoms with Crippen LogP contribution in [0, 0.1) is 0 Å². The summed E-state index contributed by atoms with van der Waals surface area (Å²) < 4.78 is 5.60. The fourth-order valence-corrected chi connectivity index (χ4v) is 4.10. The van der Waals surface area contributed by atoms with Gasteiger partial charge >= 0.3 is 0 Å². The topological polar surface area (TPSA) is 48.8 Å². The molecule has 0 radical (unpaired) electrons. The van der Waals surface area contributed by atoms with Crippen LogP contribution in [0.5, 0.6) is 5.75 Å². The van der Waals surface area contributed by atoms with E-state index in [2.05, 4.69) is 33.8 Å². The van der Waals surface area contributed by atoms with E-state index in [-0.39, 0.29) is 0 Å². The van der Waals surface area contributed by atoms with Crippen molar-refractivity contribution in [2.24, 2.45) is 0 Å². The highest BCUT2D eigenvalue weighted by Gasteiger charge is 2.22. The van der Waals surface area contributed by atoms with Crippen LogP contribution in [0.25, 0.3) is 11.1 Å². The number of anilines is 1. The van der Waals surface area contributed by atoms with E-state index >= 15 is 0 Å². The normalized spacial score (nSPS) is 15.8. The lowest BCUT2D eigenvalue weighted by atomic mass is 9.96. The fourth-order valence-electron chi connectivity index (χ4n) is 4.10. The predicted molar refractivity (Wildman–Crippen MR) is 121 cm³/mol. The lowest BCUT2D eigenvalue weighted by Gasteiger charge is -2.35. The van der Waals surface area contributed by atoms with E-state index in [0.29, 0.717) is 11.4 Å². The van der Waals surface area contributed by atoms with Crippen molar-refractivity contribution >= 4 is 5.69 Å². The zero-order valence-corrected chi connectivity index (χ0v) is 17.7. The highest BCUT2D eigenvalue weighted by Crippen LogP contribution is 2.37. The minimum absolute atomic E-state index is 0.605. The van der Waals surface area contributed by atoms with Crippen LogP contribution in [0.2, 0.25) is 0 Å². The van der Waals surface area contributed by atoms with Gasteiger partial charge in [-0.25, -0.2) is 0 Å². The SMILES string of the molecule is CCN1CCN(c2cccc(C(O)c3nccc(OC)c3-c3ccccc3)c2)CC1. The van der Waals surface area contributed by atoms with Crippen molar-refractivity contribution in [1.82, 2.24) is 9.88 Å². The van der Waals surface area contributed by atoms with E-state index < -0.39 is 6.10 Å². The summed E-state index contributed by atoms with van der Waals surface area (Å²) in [5.74, 6) is 0.706. The Morgan fingerprint density at radius 1 is 1.00 bits per heavy atom. The van der Waals surface area contributed by atoms with Gasteiger partial charge in [-0.2, -0.15) is 0 Å². The number of piperazine rings is 1. The number of ether oxygens (including phenoxy) is 1. The van der Waals surface area contributed by atoms with E-state index in [1.165, 1.54) is 0 Å². The lowest BCUT2D eigenvalue weighted by Crippen LogP contribution is -2.46. The van der Waals surface area contributed by atoms with Gasteiger partial charge in [0.2, 0.25) is 0 Å². The lowest BCUT2D eigenvalue weighted by molar-refractivity contribution is 0.215. The number of likely N-dealkylation sites (N-methyl/N-ethyl adjacent to an activating group) is 1. The summed E-state index contributed by atoms with van der Waals surface area (Å²) in [4.78, 5) is 9.40. The van der Waals surface area contributed by atoms with E-state index in [4.69, 9.17) is 4.74 Å². The Balaban J connectivity index is 1.67. The highest BCUT2D eigenvalue weighted by molar-refractivity contribution is 5.73. The molecule has 5 nitrogen and oxygen atoms in total. The molecule has 0 amide bonds. The molecule has 0 saturated carbocycles. The summed E-state index contributed by atoms with van der Waals surface area (Å²) >= 11 is 0. The van der Waals surface area contributed by atoms with Crippen LogP contribution in [0.15, 0.2) is 66.9 Å². The molecular formula is C25H29N3O2. The predicted octanol–water partition coefficient (Wildman–Crippen LogP) is 3.98. The van der Waals surface area contributed by atoms with Crippen LogP contribution in [0.3, 0.4) is 0 Å². The molecule has 2 aromatic carbocycles. The van der Waals surface area contributed by atoms with Gasteiger partial charge in [0.15, 0.2) is 0 Å². The monoisotopic (exact) mass is 403 g/mol. The van der Waals surface area contributed by atoms with Gasteiger partial charge in [-0.3, -0.25) is 4.98 Å². The molecule has 1 saturated heterocycles. The Morgan fingerprint density at radius 3 is 2.47 bits per heavy atom. The van der Waals surface area contributed by atoms with Gasteiger partial charge < -0.3 is 19.6 Å². The number of benzene rings is 2. The quantitative estimate of drug-likeness (QED) is 0.675. The molecule has 5 heteroatoms. The van der Waals surface area contributed by atoms with E-state index in [9.17, 15) is 5.11 Å². The maximum absolute atomic E-state index is 11.3. The van der Waals surface area contributed by atoms with Crippen LogP contribution in [-0.4, -0.2) is 54.8 Å². The molecule has 1 aromatic heterocycles. The van der Waals surface area contributed by atoms with E-state index in [1.807, 2.05) is 48.5 Å². The molecule has 1 aliphatic heterocycles. The van der Waals surface area contributed by atoms with Gasteiger partial charge in [0, 0.05) is 43.6 Å². The minimum atomic E-state index is -0.841. The first-order valence-corrected chi connectivity index (χ1v) is 10.5. The first-order chi connectivity index (χ1) is 14.7. The Bertz CT molecular complexity index is 969. The largest absolute Gasteiger partial charge is 0.496 e. The van der Waals surface area contributed by atoms with Gasteiger partial charge in [0.05, 0.1) is 12.8 Å². The number of methoxy groups -OCH3 is 1. The average molecular weight is 404 g/mol. The number of nitrogens with zero attached hydrogens (tertiary/aromatic N) is 3. The average Bonchev–Trinajstić information content (AvgIpc) is 2.83. The van der Waals surface area contributed by atoms with E-state index in [0.717, 1.165) is 55.1 Å². The number of aromatic nitrogens is 1. The molecule has 2 heterocycles. The molecule has 1 atom stereocenters. The third-order valence-electron chi connectivity index (χ3n) is 5.85. The molecule has 1 aliphatic rings. The molecule has 30 heavy (non-hydrogen) atoms. The molecule has 4 rings (SSSR count). The highest BCUT2D eigenvalue weighted by atomic mass is 16.5. The zero-order valence-electron chi connectivity index (χ0n) is 17.7. The number of hydrogen-bond donors (Lipinski definition) is 1. The number of aliphatic hydroxyl groups excluding tert-OH is 1. The summed E-state index contributed by atoms with van der Waals surface area (Å²) in [6, 6.07) is 20.0. The minimum Gasteiger partial charge on any atom is -0.496 e. The van der Waals surface area contributed by atoms with Gasteiger partial charge in [0.1, 0.15) is 11.9 Å². The summed E-state index contributed by atoms with van der Waals surface area (Å²) in [5, 5.41) is 11.3. The Kier molecular flexibility index (Phi) is 6.31. The smallest absolute Gasteiger partial charge is 0.130 e. The van der Waals surface area contributed by atoms with Crippen LogP contribution >= 0.6 is 0 Å². The molecule has 1 fully saturated rings. The maximum atomic E-state index is 11.3. The maximum Gasteiger partial charge on any atom is 0.130 e. The second-order valence-electron chi connectivity index (χ2n) is 7.56. The summed E-state index contributed by atoms with van der Waals surface area (Å²) in [6.45, 7) is 7.44. The Labute approximate surface area is 178 Å². The Hall–Kier alpha value is -2.89.